The second-order valence-corrected chi connectivity index (χ2v) is 5.82. The minimum atomic E-state index is 0.145. The summed E-state index contributed by atoms with van der Waals surface area (Å²) in [5.74, 6) is 0.433. The van der Waals surface area contributed by atoms with E-state index in [9.17, 15) is 4.79 Å². The average molecular weight is 296 g/mol. The molecule has 1 amide bonds. The molecule has 0 bridgehead atoms. The van der Waals surface area contributed by atoms with Crippen molar-refractivity contribution in [3.8, 4) is 0 Å². The van der Waals surface area contributed by atoms with Gasteiger partial charge < -0.3 is 9.80 Å². The first-order chi connectivity index (χ1) is 10.7. The summed E-state index contributed by atoms with van der Waals surface area (Å²) >= 11 is 0. The zero-order valence-corrected chi connectivity index (χ0v) is 13.6. The monoisotopic (exact) mass is 296 g/mol. The Kier molecular flexibility index (Phi) is 4.06. The van der Waals surface area contributed by atoms with E-state index in [1.54, 1.807) is 0 Å². The Labute approximate surface area is 132 Å². The number of rotatable bonds is 4. The quantitative estimate of drug-likeness (QED) is 0.851. The van der Waals surface area contributed by atoms with Crippen molar-refractivity contribution in [1.29, 1.82) is 0 Å². The van der Waals surface area contributed by atoms with Crippen LogP contribution in [0.2, 0.25) is 0 Å². The van der Waals surface area contributed by atoms with Gasteiger partial charge in [0.25, 0.3) is 5.91 Å². The van der Waals surface area contributed by atoms with Crippen molar-refractivity contribution in [3.05, 3.63) is 53.6 Å². The molecule has 1 aliphatic heterocycles. The first-order valence-corrected chi connectivity index (χ1v) is 8.26. The fourth-order valence-corrected chi connectivity index (χ4v) is 3.65. The van der Waals surface area contributed by atoms with Crippen LogP contribution in [0.15, 0.2) is 48.1 Å². The van der Waals surface area contributed by atoms with Crippen LogP contribution in [0.5, 0.6) is 0 Å². The van der Waals surface area contributed by atoms with Gasteiger partial charge in [-0.15, -0.1) is 0 Å². The summed E-state index contributed by atoms with van der Waals surface area (Å²) in [4.78, 5) is 16.9. The third-order valence-corrected chi connectivity index (χ3v) is 4.80. The molecule has 3 nitrogen and oxygen atoms in total. The largest absolute Gasteiger partial charge is 0.364 e. The van der Waals surface area contributed by atoms with Gasteiger partial charge in [-0.25, -0.2) is 0 Å². The van der Waals surface area contributed by atoms with Gasteiger partial charge in [0.15, 0.2) is 0 Å². The molecule has 0 radical (unpaired) electrons. The summed E-state index contributed by atoms with van der Waals surface area (Å²) in [7, 11) is 0. The lowest BCUT2D eigenvalue weighted by atomic mass is 9.88. The van der Waals surface area contributed by atoms with E-state index < -0.39 is 0 Å². The Morgan fingerprint density at radius 2 is 1.91 bits per heavy atom. The van der Waals surface area contributed by atoms with Crippen molar-refractivity contribution in [2.75, 3.05) is 24.5 Å². The number of anilines is 1. The van der Waals surface area contributed by atoms with Gasteiger partial charge in [-0.3, -0.25) is 4.79 Å². The van der Waals surface area contributed by atoms with Crippen LogP contribution in [0.3, 0.4) is 0 Å². The zero-order valence-electron chi connectivity index (χ0n) is 13.6. The number of hydrogen-bond acceptors (Lipinski definition) is 2. The van der Waals surface area contributed by atoms with Crippen LogP contribution in [0.1, 0.15) is 32.3 Å². The van der Waals surface area contributed by atoms with Gasteiger partial charge in [0.1, 0.15) is 0 Å². The normalized spacial score (nSPS) is 22.1. The summed E-state index contributed by atoms with van der Waals surface area (Å²) < 4.78 is 0. The molecule has 1 aromatic carbocycles. The minimum Gasteiger partial charge on any atom is -0.364 e. The van der Waals surface area contributed by atoms with Crippen molar-refractivity contribution in [2.24, 2.45) is 0 Å². The smallest absolute Gasteiger partial charge is 0.253 e. The van der Waals surface area contributed by atoms with Gasteiger partial charge in [-0.05, 0) is 32.4 Å². The number of amides is 1. The topological polar surface area (TPSA) is 23.6 Å². The van der Waals surface area contributed by atoms with E-state index in [4.69, 9.17) is 0 Å². The SMILES string of the molecule is CCN(CC)C(=O)C1=CC2c3ccccc3N(CC)C2C=C1. The van der Waals surface area contributed by atoms with Crippen molar-refractivity contribution in [2.45, 2.75) is 32.7 Å². The van der Waals surface area contributed by atoms with Crippen LogP contribution in [0.25, 0.3) is 0 Å². The lowest BCUT2D eigenvalue weighted by molar-refractivity contribution is -0.126. The van der Waals surface area contributed by atoms with Gasteiger partial charge in [-0.2, -0.15) is 0 Å². The fourth-order valence-electron chi connectivity index (χ4n) is 3.65. The number of likely N-dealkylation sites (N-methyl/N-ethyl adjacent to an activating group) is 2. The zero-order chi connectivity index (χ0) is 15.7. The molecule has 1 aliphatic carbocycles. The molecule has 2 unspecified atom stereocenters. The molecule has 0 saturated carbocycles. The number of hydrogen-bond donors (Lipinski definition) is 0. The maximum Gasteiger partial charge on any atom is 0.253 e. The van der Waals surface area contributed by atoms with Crippen molar-refractivity contribution < 1.29 is 4.79 Å². The maximum atomic E-state index is 12.6. The Hall–Kier alpha value is -2.03. The number of nitrogens with zero attached hydrogens (tertiary/aromatic N) is 2. The Bertz CT molecular complexity index is 628. The molecule has 0 aromatic heterocycles. The predicted molar refractivity (Wildman–Crippen MR) is 91.1 cm³/mol. The lowest BCUT2D eigenvalue weighted by Crippen LogP contribution is -2.35. The second-order valence-electron chi connectivity index (χ2n) is 5.82. The first kappa shape index (κ1) is 14.9. The standard InChI is InChI=1S/C19H24N2O/c1-4-20(5-2)19(22)14-11-12-18-16(13-14)15-9-7-8-10-17(15)21(18)6-3/h7-13,16,18H,4-6H2,1-3H3. The summed E-state index contributed by atoms with van der Waals surface area (Å²) in [5, 5.41) is 0. The average Bonchev–Trinajstić information content (AvgIpc) is 2.88. The van der Waals surface area contributed by atoms with E-state index in [2.05, 4.69) is 48.2 Å². The summed E-state index contributed by atoms with van der Waals surface area (Å²) in [6.07, 6.45) is 6.38. The Morgan fingerprint density at radius 1 is 1.18 bits per heavy atom. The van der Waals surface area contributed by atoms with Crippen LogP contribution in [0.4, 0.5) is 5.69 Å². The van der Waals surface area contributed by atoms with E-state index in [1.807, 2.05) is 24.8 Å². The van der Waals surface area contributed by atoms with Gasteiger partial charge in [0.2, 0.25) is 0 Å². The second kappa shape index (κ2) is 5.99. The molecule has 0 fully saturated rings. The number of para-hydroxylation sites is 1. The molecule has 3 heteroatoms. The molecule has 2 atom stereocenters. The number of fused-ring (bicyclic) bond motifs is 3. The highest BCUT2D eigenvalue weighted by atomic mass is 16.2. The van der Waals surface area contributed by atoms with Crippen LogP contribution in [-0.2, 0) is 4.79 Å². The van der Waals surface area contributed by atoms with Gasteiger partial charge in [0, 0.05) is 36.8 Å². The highest BCUT2D eigenvalue weighted by Gasteiger charge is 2.37. The molecule has 1 heterocycles. The van der Waals surface area contributed by atoms with Crippen molar-refractivity contribution >= 4 is 11.6 Å². The number of carbonyl (C=O) groups is 1. The van der Waals surface area contributed by atoms with Crippen LogP contribution < -0.4 is 4.90 Å². The van der Waals surface area contributed by atoms with Crippen molar-refractivity contribution in [1.82, 2.24) is 4.90 Å². The van der Waals surface area contributed by atoms with E-state index in [0.29, 0.717) is 6.04 Å². The molecule has 0 N–H and O–H groups in total. The van der Waals surface area contributed by atoms with Crippen LogP contribution in [0, 0.1) is 0 Å². The van der Waals surface area contributed by atoms with Crippen molar-refractivity contribution in [3.63, 3.8) is 0 Å². The molecular formula is C19H24N2O. The molecule has 116 valence electrons. The third kappa shape index (κ3) is 2.25. The third-order valence-electron chi connectivity index (χ3n) is 4.80. The highest BCUT2D eigenvalue weighted by Crippen LogP contribution is 2.44. The Balaban J connectivity index is 1.96. The maximum absolute atomic E-state index is 12.6. The van der Waals surface area contributed by atoms with E-state index >= 15 is 0 Å². The molecule has 22 heavy (non-hydrogen) atoms. The van der Waals surface area contributed by atoms with Crippen LogP contribution >= 0.6 is 0 Å². The Morgan fingerprint density at radius 3 is 2.59 bits per heavy atom. The molecule has 3 rings (SSSR count). The number of carbonyl (C=O) groups excluding carboxylic acids is 1. The summed E-state index contributed by atoms with van der Waals surface area (Å²) in [5.41, 5.74) is 3.47. The molecular weight excluding hydrogens is 272 g/mol. The number of benzene rings is 1. The van der Waals surface area contributed by atoms with Crippen LogP contribution in [-0.4, -0.2) is 36.5 Å². The molecule has 2 aliphatic rings. The van der Waals surface area contributed by atoms with E-state index in [0.717, 1.165) is 25.2 Å². The van der Waals surface area contributed by atoms with Gasteiger partial charge >= 0.3 is 0 Å². The van der Waals surface area contributed by atoms with Gasteiger partial charge in [0.05, 0.1) is 6.04 Å². The molecule has 0 saturated heterocycles. The summed E-state index contributed by atoms with van der Waals surface area (Å²) in [6.45, 7) is 8.74. The van der Waals surface area contributed by atoms with E-state index in [-0.39, 0.29) is 11.8 Å². The first-order valence-electron chi connectivity index (χ1n) is 8.26. The summed E-state index contributed by atoms with van der Waals surface area (Å²) in [6, 6.07) is 8.90. The predicted octanol–water partition coefficient (Wildman–Crippen LogP) is 3.34. The molecule has 1 aromatic rings. The highest BCUT2D eigenvalue weighted by molar-refractivity contribution is 5.97. The molecule has 0 spiro atoms. The minimum absolute atomic E-state index is 0.145. The fraction of sp³-hybridized carbons (Fsp3) is 0.421. The van der Waals surface area contributed by atoms with Gasteiger partial charge in [-0.1, -0.05) is 36.4 Å². The van der Waals surface area contributed by atoms with E-state index in [1.165, 1.54) is 11.3 Å². The lowest BCUT2D eigenvalue weighted by Gasteiger charge is -2.29.